The first kappa shape index (κ1) is 18.4. The van der Waals surface area contributed by atoms with Gasteiger partial charge in [0.1, 0.15) is 11.5 Å². The zero-order valence-electron chi connectivity index (χ0n) is 14.0. The van der Waals surface area contributed by atoms with Gasteiger partial charge in [-0.2, -0.15) is 0 Å². The van der Waals surface area contributed by atoms with Gasteiger partial charge in [-0.3, -0.25) is 4.21 Å². The topological polar surface area (TPSA) is 103 Å². The molecule has 0 aliphatic carbocycles. The zero-order chi connectivity index (χ0) is 19.1. The van der Waals surface area contributed by atoms with Crippen molar-refractivity contribution in [3.8, 4) is 11.5 Å². The maximum atomic E-state index is 12.1. The normalized spacial score (nSPS) is 11.3. The predicted molar refractivity (Wildman–Crippen MR) is 105 cm³/mol. The van der Waals surface area contributed by atoms with Crippen LogP contribution in [0.25, 0.3) is 0 Å². The van der Waals surface area contributed by atoms with Crippen molar-refractivity contribution in [1.29, 1.82) is 0 Å². The molecule has 1 unspecified atom stereocenters. The summed E-state index contributed by atoms with van der Waals surface area (Å²) in [5.41, 5.74) is 1.54. The largest absolute Gasteiger partial charge is 0.755 e. The van der Waals surface area contributed by atoms with Crippen molar-refractivity contribution < 1.29 is 18.3 Å². The predicted octanol–water partition coefficient (Wildman–Crippen LogP) is 4.33. The highest BCUT2D eigenvalue weighted by molar-refractivity contribution is 7.80. The molecule has 0 aliphatic rings. The summed E-state index contributed by atoms with van der Waals surface area (Å²) in [5, 5.41) is 5.37. The second-order valence-electron chi connectivity index (χ2n) is 5.43. The minimum absolute atomic E-state index is 0.406. The molecule has 0 spiro atoms. The molecule has 0 radical (unpaired) electrons. The Morgan fingerprint density at radius 3 is 1.78 bits per heavy atom. The lowest BCUT2D eigenvalue weighted by Gasteiger charge is -2.11. The van der Waals surface area contributed by atoms with E-state index in [1.165, 1.54) is 0 Å². The summed E-state index contributed by atoms with van der Waals surface area (Å²) in [5.74, 6) is 1.39. The number of para-hydroxylation sites is 1. The summed E-state index contributed by atoms with van der Waals surface area (Å²) >= 11 is -2.39. The van der Waals surface area contributed by atoms with Crippen LogP contribution in [0, 0.1) is 0 Å². The lowest BCUT2D eigenvalue weighted by molar-refractivity contribution is 0.262. The molecule has 27 heavy (non-hydrogen) atoms. The molecule has 3 aromatic rings. The standard InChI is InChI=1S/C19H17N3O4S/c23-19(20-14-6-8-16(9-7-14)22-27(24)25)21-15-10-12-18(13-11-15)26-17-4-2-1-3-5-17/h1-13,22H,(H,24,25)(H2,20,21,23)/p-1. The molecule has 2 amide bonds. The van der Waals surface area contributed by atoms with E-state index in [-0.39, 0.29) is 0 Å². The number of hydrogen-bond donors (Lipinski definition) is 3. The van der Waals surface area contributed by atoms with E-state index in [1.54, 1.807) is 48.5 Å². The van der Waals surface area contributed by atoms with Crippen molar-refractivity contribution >= 4 is 34.4 Å². The van der Waals surface area contributed by atoms with Gasteiger partial charge in [-0.25, -0.2) is 4.79 Å². The summed E-state index contributed by atoms with van der Waals surface area (Å²) in [4.78, 5) is 12.1. The van der Waals surface area contributed by atoms with Gasteiger partial charge in [0.15, 0.2) is 0 Å². The van der Waals surface area contributed by atoms with Gasteiger partial charge in [0.2, 0.25) is 0 Å². The average molecular weight is 382 g/mol. The van der Waals surface area contributed by atoms with Gasteiger partial charge < -0.3 is 24.6 Å². The number of urea groups is 1. The van der Waals surface area contributed by atoms with Crippen molar-refractivity contribution in [1.82, 2.24) is 0 Å². The van der Waals surface area contributed by atoms with Crippen LogP contribution in [0.3, 0.4) is 0 Å². The fourth-order valence-electron chi connectivity index (χ4n) is 2.24. The Morgan fingerprint density at radius 1 is 0.741 bits per heavy atom. The van der Waals surface area contributed by atoms with Crippen LogP contribution in [0.5, 0.6) is 11.5 Å². The quantitative estimate of drug-likeness (QED) is 0.552. The molecule has 0 aromatic heterocycles. The first-order valence-corrected chi connectivity index (χ1v) is 9.03. The number of carbonyl (C=O) groups excluding carboxylic acids is 1. The monoisotopic (exact) mass is 382 g/mol. The second-order valence-corrected chi connectivity index (χ2v) is 6.11. The molecule has 0 saturated heterocycles. The molecule has 7 nitrogen and oxygen atoms in total. The Kier molecular flexibility index (Phi) is 6.03. The van der Waals surface area contributed by atoms with Crippen LogP contribution < -0.4 is 20.1 Å². The summed E-state index contributed by atoms with van der Waals surface area (Å²) in [6, 6.07) is 22.2. The molecule has 3 aromatic carbocycles. The van der Waals surface area contributed by atoms with E-state index in [9.17, 15) is 13.6 Å². The molecular formula is C19H16N3O4S-. The van der Waals surface area contributed by atoms with Crippen molar-refractivity contribution in [3.05, 3.63) is 78.9 Å². The maximum absolute atomic E-state index is 12.1. The molecule has 1 atom stereocenters. The van der Waals surface area contributed by atoms with Crippen LogP contribution >= 0.6 is 0 Å². The number of anilines is 3. The molecule has 3 rings (SSSR count). The Labute approximate surface area is 158 Å². The van der Waals surface area contributed by atoms with Crippen LogP contribution in [-0.2, 0) is 11.3 Å². The fourth-order valence-corrected chi connectivity index (χ4v) is 2.57. The number of benzene rings is 3. The van der Waals surface area contributed by atoms with Gasteiger partial charge in [-0.15, -0.1) is 0 Å². The van der Waals surface area contributed by atoms with E-state index in [2.05, 4.69) is 15.4 Å². The Bertz CT molecular complexity index is 916. The number of nitrogens with one attached hydrogen (secondary N) is 3. The first-order valence-electron chi connectivity index (χ1n) is 7.95. The van der Waals surface area contributed by atoms with Gasteiger partial charge in [0, 0.05) is 28.3 Å². The molecule has 0 saturated carbocycles. The van der Waals surface area contributed by atoms with Gasteiger partial charge in [0.05, 0.1) is 0 Å². The summed E-state index contributed by atoms with van der Waals surface area (Å²) in [6.07, 6.45) is 0. The second kappa shape index (κ2) is 8.84. The van der Waals surface area contributed by atoms with Crippen molar-refractivity contribution in [2.24, 2.45) is 0 Å². The summed E-state index contributed by atoms with van der Waals surface area (Å²) < 4.78 is 29.0. The molecule has 0 heterocycles. The van der Waals surface area contributed by atoms with E-state index < -0.39 is 17.3 Å². The lowest BCUT2D eigenvalue weighted by Crippen LogP contribution is -2.19. The number of amides is 2. The van der Waals surface area contributed by atoms with Crippen LogP contribution in [0.4, 0.5) is 21.9 Å². The average Bonchev–Trinajstić information content (AvgIpc) is 2.65. The minimum Gasteiger partial charge on any atom is -0.755 e. The Balaban J connectivity index is 1.54. The summed E-state index contributed by atoms with van der Waals surface area (Å²) in [7, 11) is 0. The lowest BCUT2D eigenvalue weighted by atomic mass is 10.3. The molecule has 0 aliphatic heterocycles. The third-order valence-corrected chi connectivity index (χ3v) is 3.84. The number of carbonyl (C=O) groups is 1. The van der Waals surface area contributed by atoms with Crippen LogP contribution in [0.2, 0.25) is 0 Å². The molecule has 138 valence electrons. The molecule has 3 N–H and O–H groups in total. The fraction of sp³-hybridized carbons (Fsp3) is 0. The van der Waals surface area contributed by atoms with Gasteiger partial charge >= 0.3 is 6.03 Å². The first-order chi connectivity index (χ1) is 13.1. The van der Waals surface area contributed by atoms with Crippen LogP contribution in [-0.4, -0.2) is 14.8 Å². The maximum Gasteiger partial charge on any atom is 0.323 e. The van der Waals surface area contributed by atoms with Crippen LogP contribution in [0.15, 0.2) is 78.9 Å². The van der Waals surface area contributed by atoms with Crippen molar-refractivity contribution in [2.75, 3.05) is 15.4 Å². The molecule has 0 bridgehead atoms. The number of ether oxygens (including phenoxy) is 1. The van der Waals surface area contributed by atoms with E-state index in [1.807, 2.05) is 30.3 Å². The third-order valence-electron chi connectivity index (χ3n) is 3.44. The third kappa shape index (κ3) is 5.84. The van der Waals surface area contributed by atoms with Crippen LogP contribution in [0.1, 0.15) is 0 Å². The highest BCUT2D eigenvalue weighted by Crippen LogP contribution is 2.22. The zero-order valence-corrected chi connectivity index (χ0v) is 14.9. The van der Waals surface area contributed by atoms with E-state index >= 15 is 0 Å². The van der Waals surface area contributed by atoms with Crippen molar-refractivity contribution in [3.63, 3.8) is 0 Å². The summed E-state index contributed by atoms with van der Waals surface area (Å²) in [6.45, 7) is 0. The SMILES string of the molecule is O=C(Nc1ccc(NS(=O)[O-])cc1)Nc1ccc(Oc2ccccc2)cc1. The number of hydrogen-bond acceptors (Lipinski definition) is 4. The smallest absolute Gasteiger partial charge is 0.323 e. The van der Waals surface area contributed by atoms with Crippen molar-refractivity contribution in [2.45, 2.75) is 0 Å². The Morgan fingerprint density at radius 2 is 1.22 bits per heavy atom. The van der Waals surface area contributed by atoms with E-state index in [0.29, 0.717) is 22.8 Å². The Hall–Kier alpha value is -3.36. The molecule has 0 fully saturated rings. The van der Waals surface area contributed by atoms with E-state index in [0.717, 1.165) is 5.75 Å². The van der Waals surface area contributed by atoms with Gasteiger partial charge in [-0.05, 0) is 60.7 Å². The van der Waals surface area contributed by atoms with Gasteiger partial charge in [-0.1, -0.05) is 18.2 Å². The molecule has 8 heteroatoms. The van der Waals surface area contributed by atoms with E-state index in [4.69, 9.17) is 4.74 Å². The highest BCUT2D eigenvalue weighted by Gasteiger charge is 2.04. The highest BCUT2D eigenvalue weighted by atomic mass is 32.2. The van der Waals surface area contributed by atoms with Gasteiger partial charge in [0.25, 0.3) is 0 Å². The molecular weight excluding hydrogens is 366 g/mol. The number of rotatable bonds is 6. The minimum atomic E-state index is -2.39.